The lowest BCUT2D eigenvalue weighted by Gasteiger charge is -2.45. The number of nitrogens with two attached hydrogens (primary N) is 2. The van der Waals surface area contributed by atoms with Crippen LogP contribution in [0.15, 0.2) is 0 Å². The zero-order valence-electron chi connectivity index (χ0n) is 20.2. The Balaban J connectivity index is 1.72. The molecule has 32 heavy (non-hydrogen) atoms. The van der Waals surface area contributed by atoms with Crippen molar-refractivity contribution in [2.24, 2.45) is 17.8 Å². The van der Waals surface area contributed by atoms with E-state index < -0.39 is 0 Å². The Morgan fingerprint density at radius 3 is 2.59 bits per heavy atom. The van der Waals surface area contributed by atoms with Crippen molar-refractivity contribution in [3.8, 4) is 0 Å². The molecule has 1 saturated heterocycles. The topological polar surface area (TPSA) is 108 Å². The van der Waals surface area contributed by atoms with Gasteiger partial charge in [0.2, 0.25) is 5.91 Å². The first-order valence-electron chi connectivity index (χ1n) is 11.7. The van der Waals surface area contributed by atoms with E-state index in [2.05, 4.69) is 31.1 Å². The standard InChI is InChI=1S/C23H40N6O2S/c1-14(2)6-8-29(23(31)26-7-9-27(3)4)22(30)16-10-15-11-17-19(32-21(25)20(17)24)12-18(15)28(5)13-16/h14-16,18H,6-13,24-25H2,1-5H3,(H,26,31)/t15-,16-,18-/m1/s1. The summed E-state index contributed by atoms with van der Waals surface area (Å²) in [5, 5.41) is 3.64. The second-order valence-electron chi connectivity index (χ2n) is 10.1. The van der Waals surface area contributed by atoms with Crippen LogP contribution >= 0.6 is 11.3 Å². The number of anilines is 2. The normalized spacial score (nSPS) is 23.2. The minimum absolute atomic E-state index is 0.0538. The average molecular weight is 465 g/mol. The molecule has 5 N–H and O–H groups in total. The van der Waals surface area contributed by atoms with Crippen LogP contribution in [0.3, 0.4) is 0 Å². The molecule has 2 aliphatic rings. The van der Waals surface area contributed by atoms with E-state index >= 15 is 0 Å². The summed E-state index contributed by atoms with van der Waals surface area (Å²) in [5.41, 5.74) is 14.2. The molecule has 1 aliphatic heterocycles. The largest absolute Gasteiger partial charge is 0.396 e. The number of hydrogen-bond acceptors (Lipinski definition) is 7. The number of imide groups is 1. The molecule has 0 aromatic carbocycles. The van der Waals surface area contributed by atoms with Crippen molar-refractivity contribution in [3.63, 3.8) is 0 Å². The molecule has 0 bridgehead atoms. The van der Waals surface area contributed by atoms with Crippen LogP contribution in [0, 0.1) is 17.8 Å². The lowest BCUT2D eigenvalue weighted by atomic mass is 9.74. The van der Waals surface area contributed by atoms with Crippen LogP contribution in [-0.2, 0) is 17.6 Å². The number of carbonyl (C=O) groups is 2. The summed E-state index contributed by atoms with van der Waals surface area (Å²) in [7, 11) is 6.02. The van der Waals surface area contributed by atoms with E-state index in [0.29, 0.717) is 42.5 Å². The van der Waals surface area contributed by atoms with E-state index in [9.17, 15) is 9.59 Å². The molecule has 3 rings (SSSR count). The number of fused-ring (bicyclic) bond motifs is 2. The van der Waals surface area contributed by atoms with Gasteiger partial charge < -0.3 is 26.6 Å². The van der Waals surface area contributed by atoms with Crippen LogP contribution in [0.5, 0.6) is 0 Å². The van der Waals surface area contributed by atoms with Crippen molar-refractivity contribution in [1.82, 2.24) is 20.0 Å². The summed E-state index contributed by atoms with van der Waals surface area (Å²) in [6.45, 7) is 6.62. The maximum absolute atomic E-state index is 13.6. The number of nitrogens with one attached hydrogen (secondary N) is 1. The lowest BCUT2D eigenvalue weighted by molar-refractivity contribution is -0.136. The van der Waals surface area contributed by atoms with E-state index in [1.807, 2.05) is 19.0 Å². The lowest BCUT2D eigenvalue weighted by Crippen LogP contribution is -2.55. The third-order valence-corrected chi connectivity index (χ3v) is 7.95. The highest BCUT2D eigenvalue weighted by Gasteiger charge is 2.42. The number of urea groups is 1. The molecule has 0 unspecified atom stereocenters. The number of thiophene rings is 1. The van der Waals surface area contributed by atoms with Gasteiger partial charge in [0.1, 0.15) is 5.00 Å². The number of nitrogens with zero attached hydrogens (tertiary/aromatic N) is 3. The van der Waals surface area contributed by atoms with Gasteiger partial charge in [-0.25, -0.2) is 4.79 Å². The Bertz CT molecular complexity index is 824. The summed E-state index contributed by atoms with van der Waals surface area (Å²) in [6.07, 6.45) is 3.38. The number of nitrogen functional groups attached to an aromatic ring is 2. The molecule has 0 spiro atoms. The molecule has 8 nitrogen and oxygen atoms in total. The fourth-order valence-electron chi connectivity index (χ4n) is 4.95. The second-order valence-corrected chi connectivity index (χ2v) is 11.2. The molecule has 1 aromatic heterocycles. The minimum atomic E-state index is -0.275. The van der Waals surface area contributed by atoms with E-state index in [-0.39, 0.29) is 17.9 Å². The molecule has 0 saturated carbocycles. The molecule has 3 atom stereocenters. The van der Waals surface area contributed by atoms with E-state index in [0.717, 1.165) is 37.9 Å². The van der Waals surface area contributed by atoms with E-state index in [1.165, 1.54) is 15.3 Å². The molecular formula is C23H40N6O2S. The van der Waals surface area contributed by atoms with Gasteiger partial charge >= 0.3 is 6.03 Å². The molecular weight excluding hydrogens is 424 g/mol. The summed E-state index contributed by atoms with van der Waals surface area (Å²) >= 11 is 1.60. The first-order chi connectivity index (χ1) is 15.1. The van der Waals surface area contributed by atoms with Crippen LogP contribution in [0.2, 0.25) is 0 Å². The smallest absolute Gasteiger partial charge is 0.324 e. The number of rotatable bonds is 7. The zero-order valence-corrected chi connectivity index (χ0v) is 21.0. The molecule has 1 aliphatic carbocycles. The Morgan fingerprint density at radius 2 is 1.94 bits per heavy atom. The molecule has 0 radical (unpaired) electrons. The third kappa shape index (κ3) is 5.55. The summed E-state index contributed by atoms with van der Waals surface area (Å²) < 4.78 is 0. The van der Waals surface area contributed by atoms with Gasteiger partial charge in [0, 0.05) is 37.1 Å². The Kier molecular flexibility index (Phi) is 8.06. The van der Waals surface area contributed by atoms with Gasteiger partial charge in [-0.3, -0.25) is 9.69 Å². The second kappa shape index (κ2) is 10.4. The maximum atomic E-state index is 13.6. The molecule has 3 amide bonds. The van der Waals surface area contributed by atoms with Gasteiger partial charge in [0.05, 0.1) is 11.6 Å². The highest BCUT2D eigenvalue weighted by molar-refractivity contribution is 7.16. The maximum Gasteiger partial charge on any atom is 0.324 e. The molecule has 1 aromatic rings. The first kappa shape index (κ1) is 24.8. The van der Waals surface area contributed by atoms with Gasteiger partial charge in [-0.2, -0.15) is 0 Å². The molecule has 1 fully saturated rings. The number of amides is 3. The molecule has 2 heterocycles. The molecule has 180 valence electrons. The quantitative estimate of drug-likeness (QED) is 0.570. The summed E-state index contributed by atoms with van der Waals surface area (Å²) in [5.74, 6) is 0.519. The van der Waals surface area contributed by atoms with Crippen LogP contribution in [0.4, 0.5) is 15.5 Å². The Hall–Kier alpha value is -1.84. The number of piperidine rings is 1. The number of likely N-dealkylation sites (N-methyl/N-ethyl adjacent to an activating group) is 2. The van der Waals surface area contributed by atoms with Crippen molar-refractivity contribution in [2.45, 2.75) is 45.6 Å². The summed E-state index contributed by atoms with van der Waals surface area (Å²) in [4.78, 5) is 33.6. The van der Waals surface area contributed by atoms with Gasteiger partial charge in [0.25, 0.3) is 0 Å². The highest BCUT2D eigenvalue weighted by Crippen LogP contribution is 2.44. The van der Waals surface area contributed by atoms with Crippen LogP contribution < -0.4 is 16.8 Å². The fourth-order valence-corrected chi connectivity index (χ4v) is 6.02. The summed E-state index contributed by atoms with van der Waals surface area (Å²) in [6, 6.07) is 0.116. The third-order valence-electron chi connectivity index (χ3n) is 6.85. The highest BCUT2D eigenvalue weighted by atomic mass is 32.1. The van der Waals surface area contributed by atoms with Crippen LogP contribution in [0.25, 0.3) is 0 Å². The predicted molar refractivity (Wildman–Crippen MR) is 132 cm³/mol. The van der Waals surface area contributed by atoms with Gasteiger partial charge in [0.15, 0.2) is 0 Å². The van der Waals surface area contributed by atoms with Crippen molar-refractivity contribution >= 4 is 34.0 Å². The zero-order chi connectivity index (χ0) is 23.6. The van der Waals surface area contributed by atoms with Crippen molar-refractivity contribution in [3.05, 3.63) is 10.4 Å². The van der Waals surface area contributed by atoms with Gasteiger partial charge in [-0.15, -0.1) is 11.3 Å². The van der Waals surface area contributed by atoms with Gasteiger partial charge in [-0.1, -0.05) is 13.8 Å². The van der Waals surface area contributed by atoms with Crippen molar-refractivity contribution in [2.75, 3.05) is 58.8 Å². The van der Waals surface area contributed by atoms with Crippen LogP contribution in [0.1, 0.15) is 37.1 Å². The van der Waals surface area contributed by atoms with E-state index in [1.54, 1.807) is 11.3 Å². The number of carbonyl (C=O) groups excluding carboxylic acids is 2. The van der Waals surface area contributed by atoms with Crippen LogP contribution in [-0.4, -0.2) is 80.0 Å². The van der Waals surface area contributed by atoms with Crippen molar-refractivity contribution < 1.29 is 9.59 Å². The number of likely N-dealkylation sites (tertiary alicyclic amines) is 1. The first-order valence-corrected chi connectivity index (χ1v) is 12.5. The molecule has 9 heteroatoms. The average Bonchev–Trinajstić information content (AvgIpc) is 2.99. The monoisotopic (exact) mass is 464 g/mol. The fraction of sp³-hybridized carbons (Fsp3) is 0.739. The Morgan fingerprint density at radius 1 is 1.22 bits per heavy atom. The predicted octanol–water partition coefficient (Wildman–Crippen LogP) is 2.09. The van der Waals surface area contributed by atoms with Gasteiger partial charge in [-0.05, 0) is 64.2 Å². The minimum Gasteiger partial charge on any atom is -0.396 e. The Labute approximate surface area is 196 Å². The number of hydrogen-bond donors (Lipinski definition) is 3. The van der Waals surface area contributed by atoms with Crippen molar-refractivity contribution in [1.29, 1.82) is 0 Å². The van der Waals surface area contributed by atoms with E-state index in [4.69, 9.17) is 11.5 Å². The SMILES string of the molecule is CC(C)CCN(C(=O)NCCN(C)C)C(=O)[C@@H]1C[C@@H]2Cc3c(sc(N)c3N)C[C@H]2N(C)C1.